The summed E-state index contributed by atoms with van der Waals surface area (Å²) in [5.74, 6) is -0.0796. The van der Waals surface area contributed by atoms with Gasteiger partial charge in [0.05, 0.1) is 25.4 Å². The Morgan fingerprint density at radius 3 is 1.07 bits per heavy atom. The molecule has 0 aliphatic rings. The van der Waals surface area contributed by atoms with Crippen molar-refractivity contribution in [3.8, 4) is 0 Å². The van der Waals surface area contributed by atoms with Gasteiger partial charge in [-0.25, -0.2) is 0 Å². The molecule has 0 saturated carbocycles. The van der Waals surface area contributed by atoms with E-state index in [0.29, 0.717) is 25.9 Å². The van der Waals surface area contributed by atoms with E-state index in [1.54, 1.807) is 0 Å². The number of carbonyl (C=O) groups is 2. The lowest BCUT2D eigenvalue weighted by atomic mass is 10.0. The number of ether oxygens (including phenoxy) is 1. The summed E-state index contributed by atoms with van der Waals surface area (Å²) in [4.78, 5) is 24.6. The van der Waals surface area contributed by atoms with E-state index >= 15 is 0 Å². The zero-order chi connectivity index (χ0) is 52.2. The van der Waals surface area contributed by atoms with Crippen LogP contribution in [-0.4, -0.2) is 47.4 Å². The van der Waals surface area contributed by atoms with Crippen LogP contribution in [0.1, 0.15) is 348 Å². The van der Waals surface area contributed by atoms with Crippen molar-refractivity contribution < 1.29 is 24.5 Å². The van der Waals surface area contributed by atoms with Crippen LogP contribution in [0.25, 0.3) is 0 Å². The maximum absolute atomic E-state index is 12.5. The van der Waals surface area contributed by atoms with E-state index in [4.69, 9.17) is 4.74 Å². The predicted molar refractivity (Wildman–Crippen MR) is 315 cm³/mol. The van der Waals surface area contributed by atoms with Crippen molar-refractivity contribution in [3.63, 3.8) is 0 Å². The number of esters is 1. The molecule has 2 atom stereocenters. The van der Waals surface area contributed by atoms with Crippen molar-refractivity contribution in [2.45, 2.75) is 360 Å². The number of unbranched alkanes of at least 4 members (excludes halogenated alkanes) is 43. The standard InChI is InChI=1S/C66H125NO5/c1-3-5-7-9-11-13-15-17-19-21-27-30-34-38-42-46-50-54-58-64(69)63(62-68)67-65(70)59-55-51-47-43-39-35-31-28-25-23-22-24-26-29-33-37-41-45-49-53-57-61-72-66(71)60-56-52-48-44-40-36-32-20-18-16-14-12-10-8-6-4-2/h20,32,37,41,49,53,63-64,68-69H,3-19,21-31,33-36,38-40,42-48,50-52,54-62H2,1-2H3,(H,67,70)/b32-20-,41-37-,53-49-. The summed E-state index contributed by atoms with van der Waals surface area (Å²) < 4.78 is 5.42. The highest BCUT2D eigenvalue weighted by atomic mass is 16.5. The fourth-order valence-electron chi connectivity index (χ4n) is 10.0. The van der Waals surface area contributed by atoms with Gasteiger partial charge in [-0.15, -0.1) is 0 Å². The maximum Gasteiger partial charge on any atom is 0.305 e. The third-order valence-electron chi connectivity index (χ3n) is 14.9. The van der Waals surface area contributed by atoms with Crippen molar-refractivity contribution in [2.24, 2.45) is 0 Å². The number of hydrogen-bond acceptors (Lipinski definition) is 5. The lowest BCUT2D eigenvalue weighted by Gasteiger charge is -2.22. The molecule has 0 aromatic rings. The third-order valence-corrected chi connectivity index (χ3v) is 14.9. The van der Waals surface area contributed by atoms with Gasteiger partial charge >= 0.3 is 5.97 Å². The molecule has 0 fully saturated rings. The maximum atomic E-state index is 12.5. The van der Waals surface area contributed by atoms with Crippen LogP contribution in [0.15, 0.2) is 36.5 Å². The largest absolute Gasteiger partial charge is 0.465 e. The smallest absolute Gasteiger partial charge is 0.305 e. The molecule has 0 aliphatic heterocycles. The Labute approximate surface area is 449 Å². The van der Waals surface area contributed by atoms with Crippen LogP contribution >= 0.6 is 0 Å². The van der Waals surface area contributed by atoms with Crippen LogP contribution in [0.5, 0.6) is 0 Å². The first-order chi connectivity index (χ1) is 35.5. The Balaban J connectivity index is 3.45. The molecule has 0 bridgehead atoms. The van der Waals surface area contributed by atoms with Crippen LogP contribution in [-0.2, 0) is 14.3 Å². The zero-order valence-corrected chi connectivity index (χ0v) is 48.4. The van der Waals surface area contributed by atoms with Crippen LogP contribution in [0.3, 0.4) is 0 Å². The first kappa shape index (κ1) is 70.1. The SMILES string of the molecule is CCCCCCCCC/C=C\CCCCCCCC(=O)OCC/C=C\C/C=C\CCCCCCCCCCCCCCCCC(=O)NC(CO)C(O)CCCCCCCCCCCCCCCCCCCC. The van der Waals surface area contributed by atoms with Crippen molar-refractivity contribution in [2.75, 3.05) is 13.2 Å². The fraction of sp³-hybridized carbons (Fsp3) is 0.879. The molecule has 0 aromatic carbocycles. The number of carbonyl (C=O) groups excluding carboxylic acids is 2. The number of rotatable bonds is 60. The minimum absolute atomic E-state index is 0.0374. The van der Waals surface area contributed by atoms with Gasteiger partial charge in [0, 0.05) is 12.8 Å². The Morgan fingerprint density at radius 2 is 0.694 bits per heavy atom. The molecule has 0 spiro atoms. The summed E-state index contributed by atoms with van der Waals surface area (Å²) in [5.41, 5.74) is 0. The molecular formula is C66H125NO5. The van der Waals surface area contributed by atoms with E-state index in [0.717, 1.165) is 51.4 Å². The number of hydrogen-bond donors (Lipinski definition) is 3. The molecule has 3 N–H and O–H groups in total. The molecule has 1 amide bonds. The molecule has 0 radical (unpaired) electrons. The van der Waals surface area contributed by atoms with Gasteiger partial charge in [0.2, 0.25) is 5.91 Å². The molecular weight excluding hydrogens is 887 g/mol. The molecule has 0 rings (SSSR count). The van der Waals surface area contributed by atoms with Crippen molar-refractivity contribution >= 4 is 11.9 Å². The average Bonchev–Trinajstić information content (AvgIpc) is 3.38. The minimum Gasteiger partial charge on any atom is -0.465 e. The first-order valence-electron chi connectivity index (χ1n) is 32.2. The summed E-state index contributed by atoms with van der Waals surface area (Å²) in [5, 5.41) is 23.4. The summed E-state index contributed by atoms with van der Waals surface area (Å²) in [6, 6.07) is -0.546. The highest BCUT2D eigenvalue weighted by molar-refractivity contribution is 5.76. The lowest BCUT2D eigenvalue weighted by Crippen LogP contribution is -2.45. The highest BCUT2D eigenvalue weighted by Gasteiger charge is 2.20. The van der Waals surface area contributed by atoms with Gasteiger partial charge < -0.3 is 20.3 Å². The van der Waals surface area contributed by atoms with E-state index in [9.17, 15) is 19.8 Å². The second kappa shape index (κ2) is 61.6. The van der Waals surface area contributed by atoms with E-state index < -0.39 is 12.1 Å². The van der Waals surface area contributed by atoms with Crippen LogP contribution in [0.4, 0.5) is 0 Å². The van der Waals surface area contributed by atoms with Gasteiger partial charge in [-0.3, -0.25) is 9.59 Å². The topological polar surface area (TPSA) is 95.9 Å². The highest BCUT2D eigenvalue weighted by Crippen LogP contribution is 2.18. The zero-order valence-electron chi connectivity index (χ0n) is 48.4. The molecule has 6 heteroatoms. The van der Waals surface area contributed by atoms with E-state index in [1.807, 2.05) is 0 Å². The van der Waals surface area contributed by atoms with E-state index in [2.05, 4.69) is 55.6 Å². The molecule has 6 nitrogen and oxygen atoms in total. The number of amides is 1. The lowest BCUT2D eigenvalue weighted by molar-refractivity contribution is -0.143. The molecule has 2 unspecified atom stereocenters. The summed E-state index contributed by atoms with van der Waals surface area (Å²) in [7, 11) is 0. The third kappa shape index (κ3) is 57.4. The monoisotopic (exact) mass is 1010 g/mol. The molecule has 424 valence electrons. The van der Waals surface area contributed by atoms with Crippen molar-refractivity contribution in [3.05, 3.63) is 36.5 Å². The number of nitrogens with one attached hydrogen (secondary N) is 1. The summed E-state index contributed by atoms with van der Waals surface area (Å²) >= 11 is 0. The van der Waals surface area contributed by atoms with E-state index in [1.165, 1.54) is 263 Å². The van der Waals surface area contributed by atoms with Gasteiger partial charge in [0.25, 0.3) is 0 Å². The Hall–Kier alpha value is -1.92. The predicted octanol–water partition coefficient (Wildman–Crippen LogP) is 20.4. The molecule has 0 aromatic heterocycles. The van der Waals surface area contributed by atoms with Gasteiger partial charge in [0.15, 0.2) is 0 Å². The van der Waals surface area contributed by atoms with Crippen molar-refractivity contribution in [1.29, 1.82) is 0 Å². The van der Waals surface area contributed by atoms with Gasteiger partial charge in [-0.1, -0.05) is 301 Å². The second-order valence-electron chi connectivity index (χ2n) is 22.1. The molecule has 72 heavy (non-hydrogen) atoms. The van der Waals surface area contributed by atoms with Gasteiger partial charge in [0.1, 0.15) is 0 Å². The Morgan fingerprint density at radius 1 is 0.389 bits per heavy atom. The normalized spacial score (nSPS) is 12.8. The molecule has 0 aliphatic carbocycles. The van der Waals surface area contributed by atoms with Crippen molar-refractivity contribution in [1.82, 2.24) is 5.32 Å². The van der Waals surface area contributed by atoms with Gasteiger partial charge in [-0.2, -0.15) is 0 Å². The number of aliphatic hydroxyl groups is 2. The average molecular weight is 1010 g/mol. The molecule has 0 saturated heterocycles. The van der Waals surface area contributed by atoms with E-state index in [-0.39, 0.29) is 18.5 Å². The number of aliphatic hydroxyl groups excluding tert-OH is 2. The quantitative estimate of drug-likeness (QED) is 0.0320. The first-order valence-corrected chi connectivity index (χ1v) is 32.2. The Bertz CT molecular complexity index is 1170. The van der Waals surface area contributed by atoms with Crippen LogP contribution < -0.4 is 5.32 Å². The summed E-state index contributed by atoms with van der Waals surface area (Å²) in [6.07, 6.45) is 77.4. The number of allylic oxidation sites excluding steroid dienone is 5. The Kier molecular flexibility index (Phi) is 60.0. The van der Waals surface area contributed by atoms with Crippen LogP contribution in [0, 0.1) is 0 Å². The molecule has 0 heterocycles. The van der Waals surface area contributed by atoms with Gasteiger partial charge in [-0.05, 0) is 70.6 Å². The van der Waals surface area contributed by atoms with Crippen LogP contribution in [0.2, 0.25) is 0 Å². The second-order valence-corrected chi connectivity index (χ2v) is 22.1. The minimum atomic E-state index is -0.669. The summed E-state index contributed by atoms with van der Waals surface area (Å²) in [6.45, 7) is 4.86. The fourth-order valence-corrected chi connectivity index (χ4v) is 10.0.